The van der Waals surface area contributed by atoms with E-state index in [0.29, 0.717) is 5.88 Å². The standard InChI is InChI=1S/C4H4N2O/c1-7-4-2-6(4)3-5/h2H,1H3. The van der Waals surface area contributed by atoms with Crippen molar-refractivity contribution in [2.45, 2.75) is 0 Å². The van der Waals surface area contributed by atoms with Crippen LogP contribution in [0, 0.1) is 11.5 Å². The van der Waals surface area contributed by atoms with Crippen molar-refractivity contribution in [3.8, 4) is 6.19 Å². The number of nitriles is 1. The van der Waals surface area contributed by atoms with Gasteiger partial charge in [-0.25, -0.2) is 4.90 Å². The summed E-state index contributed by atoms with van der Waals surface area (Å²) < 4.78 is 4.63. The van der Waals surface area contributed by atoms with Crippen LogP contribution in [0.1, 0.15) is 0 Å². The summed E-state index contributed by atoms with van der Waals surface area (Å²) in [5.41, 5.74) is 0. The van der Waals surface area contributed by atoms with Crippen molar-refractivity contribution in [3.63, 3.8) is 0 Å². The molecule has 0 spiro atoms. The second-order valence-electron chi connectivity index (χ2n) is 1.14. The molecular weight excluding hydrogens is 92.1 g/mol. The van der Waals surface area contributed by atoms with Crippen molar-refractivity contribution in [3.05, 3.63) is 12.1 Å². The van der Waals surface area contributed by atoms with Gasteiger partial charge in [0.1, 0.15) is 0 Å². The van der Waals surface area contributed by atoms with Crippen LogP contribution in [0.3, 0.4) is 0 Å². The molecule has 1 aliphatic rings. The highest BCUT2D eigenvalue weighted by Gasteiger charge is 2.19. The molecule has 0 N–H and O–H groups in total. The summed E-state index contributed by atoms with van der Waals surface area (Å²) in [6.45, 7) is 0. The molecule has 0 aromatic rings. The van der Waals surface area contributed by atoms with E-state index in [1.165, 1.54) is 12.0 Å². The largest absolute Gasteiger partial charge is 0.480 e. The van der Waals surface area contributed by atoms with E-state index in [9.17, 15) is 0 Å². The molecule has 0 fully saturated rings. The Hall–Kier alpha value is -1.17. The molecule has 0 atom stereocenters. The molecule has 0 aliphatic carbocycles. The van der Waals surface area contributed by atoms with E-state index in [0.717, 1.165) is 0 Å². The molecule has 0 bridgehead atoms. The van der Waals surface area contributed by atoms with Crippen LogP contribution in [0.15, 0.2) is 12.1 Å². The Kier molecular flexibility index (Phi) is 0.661. The van der Waals surface area contributed by atoms with Gasteiger partial charge >= 0.3 is 0 Å². The van der Waals surface area contributed by atoms with E-state index < -0.39 is 0 Å². The average molecular weight is 96.1 g/mol. The summed E-state index contributed by atoms with van der Waals surface area (Å²) in [6, 6.07) is 0. The normalized spacial score (nSPS) is 14.9. The first-order valence-electron chi connectivity index (χ1n) is 1.83. The molecular formula is C4H4N2O. The zero-order chi connectivity index (χ0) is 5.28. The van der Waals surface area contributed by atoms with Crippen LogP contribution in [0.25, 0.3) is 0 Å². The molecule has 3 nitrogen and oxygen atoms in total. The Morgan fingerprint density at radius 2 is 2.71 bits per heavy atom. The van der Waals surface area contributed by atoms with E-state index in [4.69, 9.17) is 5.26 Å². The lowest BCUT2D eigenvalue weighted by atomic mass is 11.1. The van der Waals surface area contributed by atoms with Gasteiger partial charge in [-0.15, -0.1) is 0 Å². The van der Waals surface area contributed by atoms with E-state index in [1.807, 2.05) is 6.19 Å². The van der Waals surface area contributed by atoms with Gasteiger partial charge in [0.2, 0.25) is 5.88 Å². The summed E-state index contributed by atoms with van der Waals surface area (Å²) >= 11 is 0. The molecule has 1 rings (SSSR count). The van der Waals surface area contributed by atoms with Crippen LogP contribution in [0.4, 0.5) is 0 Å². The zero-order valence-electron chi connectivity index (χ0n) is 3.88. The number of hydrogen-bond acceptors (Lipinski definition) is 3. The number of methoxy groups -OCH3 is 1. The second-order valence-corrected chi connectivity index (χ2v) is 1.14. The Bertz CT molecular complexity index is 144. The van der Waals surface area contributed by atoms with Crippen LogP contribution in [0.2, 0.25) is 0 Å². The second kappa shape index (κ2) is 1.16. The zero-order valence-corrected chi connectivity index (χ0v) is 3.88. The summed E-state index contributed by atoms with van der Waals surface area (Å²) in [5.74, 6) is 0.641. The summed E-state index contributed by atoms with van der Waals surface area (Å²) in [6.07, 6.45) is 3.47. The monoisotopic (exact) mass is 96.0 g/mol. The molecule has 1 heterocycles. The lowest BCUT2D eigenvalue weighted by molar-refractivity contribution is 0.274. The van der Waals surface area contributed by atoms with E-state index in [2.05, 4.69) is 4.74 Å². The molecule has 0 aromatic heterocycles. The van der Waals surface area contributed by atoms with Crippen molar-refractivity contribution in [2.24, 2.45) is 0 Å². The molecule has 3 heteroatoms. The van der Waals surface area contributed by atoms with Gasteiger partial charge in [-0.2, -0.15) is 5.26 Å². The fourth-order valence-electron chi connectivity index (χ4n) is 0.311. The van der Waals surface area contributed by atoms with E-state index in [1.54, 1.807) is 6.20 Å². The van der Waals surface area contributed by atoms with E-state index >= 15 is 0 Å². The highest BCUT2D eigenvalue weighted by Crippen LogP contribution is 2.17. The maximum atomic E-state index is 8.05. The van der Waals surface area contributed by atoms with Gasteiger partial charge in [0.25, 0.3) is 0 Å². The SMILES string of the molecule is COC1=CN1C#N. The fourth-order valence-corrected chi connectivity index (χ4v) is 0.311. The first kappa shape index (κ1) is 4.00. The third kappa shape index (κ3) is 0.496. The van der Waals surface area contributed by atoms with Crippen molar-refractivity contribution in [1.29, 1.82) is 5.26 Å². The lowest BCUT2D eigenvalue weighted by Gasteiger charge is -1.86. The maximum Gasteiger partial charge on any atom is 0.225 e. The number of nitrogens with zero attached hydrogens (tertiary/aromatic N) is 2. The molecule has 36 valence electrons. The first-order chi connectivity index (χ1) is 3.38. The van der Waals surface area contributed by atoms with Crippen LogP contribution in [0.5, 0.6) is 0 Å². The third-order valence-electron chi connectivity index (χ3n) is 0.726. The van der Waals surface area contributed by atoms with E-state index in [-0.39, 0.29) is 0 Å². The quantitative estimate of drug-likeness (QED) is 0.438. The Morgan fingerprint density at radius 1 is 2.00 bits per heavy atom. The minimum Gasteiger partial charge on any atom is -0.480 e. The predicted octanol–water partition coefficient (Wildman–Crippen LogP) is 0.228. The van der Waals surface area contributed by atoms with Gasteiger partial charge in [-0.3, -0.25) is 0 Å². The van der Waals surface area contributed by atoms with Crippen molar-refractivity contribution in [2.75, 3.05) is 7.11 Å². The molecule has 7 heavy (non-hydrogen) atoms. The van der Waals surface area contributed by atoms with Gasteiger partial charge in [0.05, 0.1) is 13.3 Å². The maximum absolute atomic E-state index is 8.05. The fraction of sp³-hybridized carbons (Fsp3) is 0.250. The smallest absolute Gasteiger partial charge is 0.225 e. The van der Waals surface area contributed by atoms with Crippen LogP contribution in [-0.4, -0.2) is 12.0 Å². The average Bonchev–Trinajstić information content (AvgIpc) is 2.43. The van der Waals surface area contributed by atoms with Gasteiger partial charge in [0.15, 0.2) is 6.19 Å². The number of ether oxygens (including phenoxy) is 1. The third-order valence-corrected chi connectivity index (χ3v) is 0.726. The minimum absolute atomic E-state index is 0.641. The van der Waals surface area contributed by atoms with Gasteiger partial charge in [-0.1, -0.05) is 0 Å². The molecule has 0 saturated carbocycles. The van der Waals surface area contributed by atoms with Crippen LogP contribution >= 0.6 is 0 Å². The van der Waals surface area contributed by atoms with Crippen molar-refractivity contribution >= 4 is 0 Å². The predicted molar refractivity (Wildman–Crippen MR) is 22.5 cm³/mol. The summed E-state index contributed by atoms with van der Waals surface area (Å²) in [4.78, 5) is 1.35. The first-order valence-corrected chi connectivity index (χ1v) is 1.83. The topological polar surface area (TPSA) is 36.0 Å². The number of rotatable bonds is 1. The molecule has 0 saturated heterocycles. The minimum atomic E-state index is 0.641. The summed E-state index contributed by atoms with van der Waals surface area (Å²) in [7, 11) is 1.53. The summed E-state index contributed by atoms with van der Waals surface area (Å²) in [5, 5.41) is 8.05. The van der Waals surface area contributed by atoms with Crippen molar-refractivity contribution in [1.82, 2.24) is 4.90 Å². The Balaban J connectivity index is 2.31. The molecule has 0 aromatic carbocycles. The van der Waals surface area contributed by atoms with Crippen LogP contribution in [-0.2, 0) is 4.74 Å². The molecule has 1 aliphatic heterocycles. The van der Waals surface area contributed by atoms with Gasteiger partial charge in [-0.05, 0) is 0 Å². The number of hydrogen-bond donors (Lipinski definition) is 0. The highest BCUT2D eigenvalue weighted by molar-refractivity contribution is 5.17. The van der Waals surface area contributed by atoms with Gasteiger partial charge in [0, 0.05) is 0 Å². The Morgan fingerprint density at radius 3 is 2.86 bits per heavy atom. The molecule has 0 amide bonds. The highest BCUT2D eigenvalue weighted by atomic mass is 16.5. The van der Waals surface area contributed by atoms with Crippen molar-refractivity contribution < 1.29 is 4.74 Å². The Labute approximate surface area is 41.4 Å². The molecule has 0 radical (unpaired) electrons. The van der Waals surface area contributed by atoms with Crippen LogP contribution < -0.4 is 0 Å². The molecule has 0 unspecified atom stereocenters. The lowest BCUT2D eigenvalue weighted by Crippen LogP contribution is -1.86. The van der Waals surface area contributed by atoms with Gasteiger partial charge < -0.3 is 4.74 Å².